The Bertz CT molecular complexity index is 955. The van der Waals surface area contributed by atoms with Crippen molar-refractivity contribution in [2.24, 2.45) is 23.3 Å². The number of halogens is 4. The Morgan fingerprint density at radius 2 is 1.91 bits per heavy atom. The minimum Gasteiger partial charge on any atom is -0.367 e. The van der Waals surface area contributed by atoms with Gasteiger partial charge in [0.05, 0.1) is 24.1 Å². The van der Waals surface area contributed by atoms with Gasteiger partial charge in [0.2, 0.25) is 11.8 Å². The standard InChI is InChI=1S/C21H27F4N5O2/c22-15(23)10-32-19(20(27)31)17(11-1-2-11)13-7-16-29-14(9-30(16)28-8-13)18(26)12-3-5-21(24,25)6-4-12/h7-9,11-12,15,17-19H,1-6,10,26H2,(H2,27,31)/t17-,18+,19?/m1/s1. The quantitative estimate of drug-likeness (QED) is 0.562. The van der Waals surface area contributed by atoms with E-state index in [0.717, 1.165) is 12.8 Å². The zero-order chi connectivity index (χ0) is 23.0. The lowest BCUT2D eigenvalue weighted by Crippen LogP contribution is -2.38. The number of nitrogens with two attached hydrogens (primary N) is 2. The minimum atomic E-state index is -2.71. The van der Waals surface area contributed by atoms with Crippen molar-refractivity contribution < 1.29 is 27.1 Å². The minimum absolute atomic E-state index is 0.0787. The van der Waals surface area contributed by atoms with Crippen LogP contribution in [0.3, 0.4) is 0 Å². The summed E-state index contributed by atoms with van der Waals surface area (Å²) in [6, 6.07) is 1.23. The van der Waals surface area contributed by atoms with Crippen LogP contribution in [-0.2, 0) is 9.53 Å². The average molecular weight is 457 g/mol. The topological polar surface area (TPSA) is 109 Å². The maximum absolute atomic E-state index is 13.5. The molecule has 2 aromatic heterocycles. The average Bonchev–Trinajstić information content (AvgIpc) is 3.47. The number of carbonyl (C=O) groups is 1. The van der Waals surface area contributed by atoms with Crippen LogP contribution >= 0.6 is 0 Å². The van der Waals surface area contributed by atoms with Gasteiger partial charge in [-0.15, -0.1) is 0 Å². The van der Waals surface area contributed by atoms with Gasteiger partial charge in [-0.2, -0.15) is 5.10 Å². The molecule has 3 atom stereocenters. The predicted octanol–water partition coefficient (Wildman–Crippen LogP) is 3.18. The summed E-state index contributed by atoms with van der Waals surface area (Å²) in [5.41, 5.74) is 13.4. The Kier molecular flexibility index (Phi) is 6.39. The molecule has 1 amide bonds. The number of aromatic nitrogens is 3. The molecule has 0 aliphatic heterocycles. The third-order valence-corrected chi connectivity index (χ3v) is 6.49. The van der Waals surface area contributed by atoms with Crippen molar-refractivity contribution in [3.05, 3.63) is 29.7 Å². The maximum atomic E-state index is 13.5. The Morgan fingerprint density at radius 1 is 1.22 bits per heavy atom. The number of imidazole rings is 1. The van der Waals surface area contributed by atoms with E-state index >= 15 is 0 Å². The summed E-state index contributed by atoms with van der Waals surface area (Å²) in [5, 5.41) is 4.34. The van der Waals surface area contributed by atoms with Crippen LogP contribution in [0.4, 0.5) is 17.6 Å². The smallest absolute Gasteiger partial charge is 0.261 e. The number of primary amides is 1. The fourth-order valence-electron chi connectivity index (χ4n) is 4.60. The lowest BCUT2D eigenvalue weighted by molar-refractivity contribution is -0.134. The van der Waals surface area contributed by atoms with E-state index in [4.69, 9.17) is 16.2 Å². The molecule has 2 aliphatic carbocycles. The first-order valence-corrected chi connectivity index (χ1v) is 10.8. The highest BCUT2D eigenvalue weighted by Gasteiger charge is 2.42. The van der Waals surface area contributed by atoms with Gasteiger partial charge in [0.1, 0.15) is 12.7 Å². The number of rotatable bonds is 9. The highest BCUT2D eigenvalue weighted by atomic mass is 19.3. The summed E-state index contributed by atoms with van der Waals surface area (Å²) >= 11 is 0. The van der Waals surface area contributed by atoms with Crippen LogP contribution in [0, 0.1) is 11.8 Å². The van der Waals surface area contributed by atoms with E-state index in [1.165, 1.54) is 4.52 Å². The molecule has 4 N–H and O–H groups in total. The summed E-state index contributed by atoms with van der Waals surface area (Å²) in [4.78, 5) is 16.5. The van der Waals surface area contributed by atoms with E-state index in [1.54, 1.807) is 18.5 Å². The first-order chi connectivity index (χ1) is 15.1. The lowest BCUT2D eigenvalue weighted by atomic mass is 9.81. The second kappa shape index (κ2) is 8.93. The van der Waals surface area contributed by atoms with Crippen LogP contribution < -0.4 is 11.5 Å². The molecule has 2 saturated carbocycles. The molecule has 4 rings (SSSR count). The number of hydrogen-bond acceptors (Lipinski definition) is 5. The van der Waals surface area contributed by atoms with Gasteiger partial charge in [0, 0.05) is 18.8 Å². The van der Waals surface area contributed by atoms with Crippen LogP contribution in [0.1, 0.15) is 61.7 Å². The predicted molar refractivity (Wildman–Crippen MR) is 107 cm³/mol. The Labute approximate surface area is 182 Å². The number of fused-ring (bicyclic) bond motifs is 1. The second-order valence-corrected chi connectivity index (χ2v) is 8.89. The maximum Gasteiger partial charge on any atom is 0.261 e. The molecule has 11 heteroatoms. The monoisotopic (exact) mass is 457 g/mol. The molecule has 0 bridgehead atoms. The molecule has 2 aromatic rings. The van der Waals surface area contributed by atoms with Gasteiger partial charge in [0.25, 0.3) is 6.43 Å². The molecule has 2 heterocycles. The highest BCUT2D eigenvalue weighted by molar-refractivity contribution is 5.80. The normalized spacial score (nSPS) is 22.2. The molecule has 7 nitrogen and oxygen atoms in total. The summed E-state index contributed by atoms with van der Waals surface area (Å²) in [7, 11) is 0. The van der Waals surface area contributed by atoms with Crippen molar-refractivity contribution in [3.8, 4) is 0 Å². The van der Waals surface area contributed by atoms with E-state index in [1.807, 2.05) is 0 Å². The fourth-order valence-corrected chi connectivity index (χ4v) is 4.60. The number of carbonyl (C=O) groups excluding carboxylic acids is 1. The first kappa shape index (κ1) is 22.9. The van der Waals surface area contributed by atoms with Gasteiger partial charge in [-0.25, -0.2) is 27.1 Å². The first-order valence-electron chi connectivity index (χ1n) is 10.8. The van der Waals surface area contributed by atoms with Crippen molar-refractivity contribution >= 4 is 11.6 Å². The molecule has 0 radical (unpaired) electrons. The van der Waals surface area contributed by atoms with E-state index in [0.29, 0.717) is 29.7 Å². The van der Waals surface area contributed by atoms with Gasteiger partial charge >= 0.3 is 0 Å². The van der Waals surface area contributed by atoms with Crippen molar-refractivity contribution in [1.82, 2.24) is 14.6 Å². The van der Waals surface area contributed by atoms with Crippen molar-refractivity contribution in [1.29, 1.82) is 0 Å². The molecule has 32 heavy (non-hydrogen) atoms. The zero-order valence-electron chi connectivity index (χ0n) is 17.5. The number of ether oxygens (including phenoxy) is 1. The molecule has 1 unspecified atom stereocenters. The van der Waals surface area contributed by atoms with Gasteiger partial charge in [-0.05, 0) is 49.1 Å². The number of nitrogens with zero attached hydrogens (tertiary/aromatic N) is 3. The van der Waals surface area contributed by atoms with Crippen LogP contribution in [-0.4, -0.2) is 45.6 Å². The molecule has 0 saturated heterocycles. The lowest BCUT2D eigenvalue weighted by Gasteiger charge is -2.31. The van der Waals surface area contributed by atoms with E-state index in [2.05, 4.69) is 10.1 Å². The van der Waals surface area contributed by atoms with Gasteiger partial charge in [-0.3, -0.25) is 4.79 Å². The summed E-state index contributed by atoms with van der Waals surface area (Å²) in [6.45, 7) is -0.880. The third-order valence-electron chi connectivity index (χ3n) is 6.49. The molecule has 0 spiro atoms. The molecule has 2 fully saturated rings. The third kappa shape index (κ3) is 5.03. The van der Waals surface area contributed by atoms with Crippen LogP contribution in [0.25, 0.3) is 5.65 Å². The highest BCUT2D eigenvalue weighted by Crippen LogP contribution is 2.45. The molecule has 176 valence electrons. The molecular weight excluding hydrogens is 430 g/mol. The number of hydrogen-bond donors (Lipinski definition) is 2. The van der Waals surface area contributed by atoms with Crippen LogP contribution in [0.2, 0.25) is 0 Å². The molecular formula is C21H27F4N5O2. The number of amides is 1. The summed E-state index contributed by atoms with van der Waals surface area (Å²) in [6.07, 6.45) is 1.25. The Hall–Kier alpha value is -2.27. The van der Waals surface area contributed by atoms with E-state index in [-0.39, 0.29) is 24.7 Å². The summed E-state index contributed by atoms with van der Waals surface area (Å²) < 4.78 is 59.0. The Morgan fingerprint density at radius 3 is 2.50 bits per heavy atom. The zero-order valence-corrected chi connectivity index (χ0v) is 17.5. The fraction of sp³-hybridized carbons (Fsp3) is 0.667. The van der Waals surface area contributed by atoms with Crippen molar-refractivity contribution in [3.63, 3.8) is 0 Å². The van der Waals surface area contributed by atoms with Crippen LogP contribution in [0.5, 0.6) is 0 Å². The van der Waals surface area contributed by atoms with Gasteiger partial charge < -0.3 is 16.2 Å². The van der Waals surface area contributed by atoms with E-state index in [9.17, 15) is 22.4 Å². The number of alkyl halides is 4. The van der Waals surface area contributed by atoms with Gasteiger partial charge in [-0.1, -0.05) is 0 Å². The molecule has 2 aliphatic rings. The molecule has 0 aromatic carbocycles. The largest absolute Gasteiger partial charge is 0.367 e. The Balaban J connectivity index is 1.56. The second-order valence-electron chi connectivity index (χ2n) is 8.89. The van der Waals surface area contributed by atoms with Crippen molar-refractivity contribution in [2.45, 2.75) is 68.9 Å². The summed E-state index contributed by atoms with van der Waals surface area (Å²) in [5.74, 6) is -3.96. The van der Waals surface area contributed by atoms with Gasteiger partial charge in [0.15, 0.2) is 5.65 Å². The SMILES string of the molecule is NC(=O)C(OCC(F)F)[C@@H](c1cnn2cc([C@@H](N)C3CCC(F)(F)CC3)nc2c1)C1CC1. The van der Waals surface area contributed by atoms with Crippen LogP contribution in [0.15, 0.2) is 18.5 Å². The van der Waals surface area contributed by atoms with E-state index < -0.39 is 42.9 Å². The van der Waals surface area contributed by atoms with Crippen molar-refractivity contribution in [2.75, 3.05) is 6.61 Å².